The molecule has 1 saturated heterocycles. The van der Waals surface area contributed by atoms with E-state index in [4.69, 9.17) is 10.5 Å². The number of halogens is 3. The van der Waals surface area contributed by atoms with Crippen molar-refractivity contribution in [2.45, 2.75) is 25.1 Å². The first-order chi connectivity index (χ1) is 9.42. The maximum absolute atomic E-state index is 12.1. The molecule has 10 heteroatoms. The van der Waals surface area contributed by atoms with Crippen molar-refractivity contribution in [3.63, 3.8) is 0 Å². The molecule has 0 radical (unpaired) electrons. The van der Waals surface area contributed by atoms with Crippen LogP contribution in [0.5, 0.6) is 6.01 Å². The summed E-state index contributed by atoms with van der Waals surface area (Å²) >= 11 is 0. The van der Waals surface area contributed by atoms with Gasteiger partial charge in [-0.15, -0.1) is 0 Å². The predicted octanol–water partition coefficient (Wildman–Crippen LogP) is 0.986. The molecule has 1 aromatic heterocycles. The van der Waals surface area contributed by atoms with Gasteiger partial charge in [0.05, 0.1) is 0 Å². The molecule has 2 heterocycles. The lowest BCUT2D eigenvalue weighted by atomic mass is 10.1. The van der Waals surface area contributed by atoms with Crippen molar-refractivity contribution < 1.29 is 22.6 Å². The quantitative estimate of drug-likeness (QED) is 0.854. The normalized spacial score (nSPS) is 16.9. The van der Waals surface area contributed by atoms with E-state index >= 15 is 0 Å². The van der Waals surface area contributed by atoms with Gasteiger partial charge in [-0.2, -0.15) is 28.1 Å². The molecule has 0 amide bonds. The van der Waals surface area contributed by atoms with E-state index in [1.165, 1.54) is 0 Å². The molecule has 112 valence electrons. The highest BCUT2D eigenvalue weighted by atomic mass is 19.4. The van der Waals surface area contributed by atoms with Crippen LogP contribution in [0.1, 0.15) is 12.8 Å². The average Bonchev–Trinajstić information content (AvgIpc) is 2.36. The van der Waals surface area contributed by atoms with Crippen LogP contribution in [0, 0.1) is 0 Å². The van der Waals surface area contributed by atoms with Gasteiger partial charge in [-0.1, -0.05) is 0 Å². The first-order valence-electron chi connectivity index (χ1n) is 5.98. The number of hydrogen-bond donors (Lipinski definition) is 2. The van der Waals surface area contributed by atoms with Gasteiger partial charge >= 0.3 is 12.2 Å². The molecule has 20 heavy (non-hydrogen) atoms. The highest BCUT2D eigenvalue weighted by Gasteiger charge is 2.29. The van der Waals surface area contributed by atoms with Crippen molar-refractivity contribution in [2.75, 3.05) is 30.9 Å². The zero-order valence-corrected chi connectivity index (χ0v) is 10.5. The van der Waals surface area contributed by atoms with Crippen LogP contribution in [-0.4, -0.2) is 47.0 Å². The minimum atomic E-state index is -4.46. The molecule has 0 unspecified atom stereocenters. The molecule has 0 saturated carbocycles. The Balaban J connectivity index is 2.00. The summed E-state index contributed by atoms with van der Waals surface area (Å²) in [6, 6.07) is -0.370. The SMILES string of the molecule is Nc1nc(NC2CCOCC2)nc(OCC(F)(F)F)n1. The second-order valence-corrected chi connectivity index (χ2v) is 4.23. The van der Waals surface area contributed by atoms with E-state index in [2.05, 4.69) is 25.0 Å². The fraction of sp³-hybridized carbons (Fsp3) is 0.700. The number of rotatable bonds is 4. The molecule has 3 N–H and O–H groups in total. The predicted molar refractivity (Wildman–Crippen MR) is 63.3 cm³/mol. The molecule has 0 atom stereocenters. The molecule has 0 bridgehead atoms. The Kier molecular flexibility index (Phi) is 4.42. The number of nitrogens with two attached hydrogens (primary N) is 1. The van der Waals surface area contributed by atoms with Crippen LogP contribution >= 0.6 is 0 Å². The van der Waals surface area contributed by atoms with E-state index in [0.717, 1.165) is 12.8 Å². The van der Waals surface area contributed by atoms with E-state index in [1.807, 2.05) is 0 Å². The van der Waals surface area contributed by atoms with Crippen molar-refractivity contribution in [3.05, 3.63) is 0 Å². The molecule has 0 spiro atoms. The van der Waals surface area contributed by atoms with Gasteiger partial charge in [-0.3, -0.25) is 0 Å². The number of aromatic nitrogens is 3. The Morgan fingerprint density at radius 2 is 1.95 bits per heavy atom. The molecule has 1 aliphatic rings. The first kappa shape index (κ1) is 14.6. The van der Waals surface area contributed by atoms with E-state index in [1.54, 1.807) is 0 Å². The standard InChI is InChI=1S/C10H14F3N5O2/c11-10(12,13)5-20-9-17-7(14)16-8(18-9)15-6-1-3-19-4-2-6/h6H,1-5H2,(H3,14,15,16,17,18). The lowest BCUT2D eigenvalue weighted by Gasteiger charge is -2.23. The second-order valence-electron chi connectivity index (χ2n) is 4.23. The monoisotopic (exact) mass is 293 g/mol. The summed E-state index contributed by atoms with van der Waals surface area (Å²) in [5.74, 6) is -0.103. The molecule has 0 aromatic carbocycles. The minimum Gasteiger partial charge on any atom is -0.454 e. The van der Waals surface area contributed by atoms with Crippen LogP contribution in [0.3, 0.4) is 0 Å². The number of ether oxygens (including phenoxy) is 2. The molecule has 1 aliphatic heterocycles. The lowest BCUT2D eigenvalue weighted by Crippen LogP contribution is -2.29. The van der Waals surface area contributed by atoms with Gasteiger partial charge < -0.3 is 20.5 Å². The summed E-state index contributed by atoms with van der Waals surface area (Å²) in [7, 11) is 0. The van der Waals surface area contributed by atoms with E-state index in [0.29, 0.717) is 13.2 Å². The lowest BCUT2D eigenvalue weighted by molar-refractivity contribution is -0.154. The Hall–Kier alpha value is -1.84. The summed E-state index contributed by atoms with van der Waals surface area (Å²) in [6.07, 6.45) is -2.95. The number of alkyl halides is 3. The number of nitrogens with zero attached hydrogens (tertiary/aromatic N) is 3. The Morgan fingerprint density at radius 3 is 2.60 bits per heavy atom. The van der Waals surface area contributed by atoms with E-state index in [9.17, 15) is 13.2 Å². The van der Waals surface area contributed by atoms with Gasteiger partial charge in [0.15, 0.2) is 6.61 Å². The number of nitrogens with one attached hydrogen (secondary N) is 1. The van der Waals surface area contributed by atoms with Gasteiger partial charge in [0.25, 0.3) is 0 Å². The van der Waals surface area contributed by atoms with Crippen molar-refractivity contribution in [3.8, 4) is 6.01 Å². The first-order valence-corrected chi connectivity index (χ1v) is 5.98. The van der Waals surface area contributed by atoms with Crippen molar-refractivity contribution in [2.24, 2.45) is 0 Å². The van der Waals surface area contributed by atoms with Crippen LogP contribution in [0.25, 0.3) is 0 Å². The fourth-order valence-corrected chi connectivity index (χ4v) is 1.67. The van der Waals surface area contributed by atoms with Gasteiger partial charge in [-0.05, 0) is 12.8 Å². The highest BCUT2D eigenvalue weighted by Crippen LogP contribution is 2.18. The molecule has 2 rings (SSSR count). The topological polar surface area (TPSA) is 95.2 Å². The number of anilines is 2. The van der Waals surface area contributed by atoms with Gasteiger partial charge in [0.2, 0.25) is 11.9 Å². The molecular weight excluding hydrogens is 279 g/mol. The Morgan fingerprint density at radius 1 is 1.25 bits per heavy atom. The van der Waals surface area contributed by atoms with Gasteiger partial charge in [0.1, 0.15) is 0 Å². The highest BCUT2D eigenvalue weighted by molar-refractivity contribution is 5.33. The summed E-state index contributed by atoms with van der Waals surface area (Å²) in [4.78, 5) is 11.1. The fourth-order valence-electron chi connectivity index (χ4n) is 1.67. The summed E-state index contributed by atoms with van der Waals surface area (Å²) in [5, 5.41) is 2.98. The van der Waals surface area contributed by atoms with Crippen LogP contribution in [-0.2, 0) is 4.74 Å². The third-order valence-corrected chi connectivity index (χ3v) is 2.55. The molecule has 0 aliphatic carbocycles. The van der Waals surface area contributed by atoms with Crippen LogP contribution in [0.4, 0.5) is 25.1 Å². The smallest absolute Gasteiger partial charge is 0.422 e. The zero-order chi connectivity index (χ0) is 14.6. The van der Waals surface area contributed by atoms with Crippen LogP contribution < -0.4 is 15.8 Å². The number of nitrogen functional groups attached to an aromatic ring is 1. The van der Waals surface area contributed by atoms with Gasteiger partial charge in [0, 0.05) is 19.3 Å². The second kappa shape index (κ2) is 6.07. The van der Waals surface area contributed by atoms with Crippen LogP contribution in [0.2, 0.25) is 0 Å². The number of hydrogen-bond acceptors (Lipinski definition) is 7. The summed E-state index contributed by atoms with van der Waals surface area (Å²) < 4.78 is 45.8. The molecule has 1 fully saturated rings. The maximum Gasteiger partial charge on any atom is 0.422 e. The third-order valence-electron chi connectivity index (χ3n) is 2.55. The Labute approximate surface area is 112 Å². The Bertz CT molecular complexity index is 451. The maximum atomic E-state index is 12.1. The summed E-state index contributed by atoms with van der Waals surface area (Å²) in [5.41, 5.74) is 5.42. The van der Waals surface area contributed by atoms with Gasteiger partial charge in [-0.25, -0.2) is 0 Å². The molecular formula is C10H14F3N5O2. The van der Waals surface area contributed by atoms with E-state index in [-0.39, 0.29) is 17.9 Å². The van der Waals surface area contributed by atoms with Crippen molar-refractivity contribution in [1.29, 1.82) is 0 Å². The van der Waals surface area contributed by atoms with E-state index < -0.39 is 18.8 Å². The third kappa shape index (κ3) is 4.68. The largest absolute Gasteiger partial charge is 0.454 e. The molecule has 1 aromatic rings. The average molecular weight is 293 g/mol. The minimum absolute atomic E-state index is 0.0843. The molecule has 7 nitrogen and oxygen atoms in total. The van der Waals surface area contributed by atoms with Crippen molar-refractivity contribution >= 4 is 11.9 Å². The van der Waals surface area contributed by atoms with Crippen molar-refractivity contribution in [1.82, 2.24) is 15.0 Å². The summed E-state index contributed by atoms with van der Waals surface area (Å²) in [6.45, 7) is -0.265. The van der Waals surface area contributed by atoms with Crippen LogP contribution in [0.15, 0.2) is 0 Å². The zero-order valence-electron chi connectivity index (χ0n) is 10.5.